The largest absolute Gasteiger partial charge is 0.376 e. The fraction of sp³-hybridized carbons (Fsp3) is 0.433. The molecule has 2 aromatic rings. The monoisotopic (exact) mass is 543 g/mol. The van der Waals surface area contributed by atoms with Crippen LogP contribution in [0.3, 0.4) is 0 Å². The molecular weight excluding hydrogens is 506 g/mol. The van der Waals surface area contributed by atoms with Gasteiger partial charge in [-0.05, 0) is 85.2 Å². The summed E-state index contributed by atoms with van der Waals surface area (Å²) in [5, 5.41) is 30.2. The second-order valence-corrected chi connectivity index (χ2v) is 10.2. The number of benzene rings is 2. The number of amidine groups is 1. The van der Waals surface area contributed by atoms with Gasteiger partial charge in [0.2, 0.25) is 5.91 Å². The number of nitriles is 1. The number of likely N-dealkylation sites (N-methyl/N-ethyl adjacent to an activating group) is 1. The van der Waals surface area contributed by atoms with Crippen molar-refractivity contribution in [3.05, 3.63) is 69.8 Å². The first-order valence-electron chi connectivity index (χ1n) is 13.7. The molecule has 0 bridgehead atoms. The van der Waals surface area contributed by atoms with Crippen LogP contribution in [0.1, 0.15) is 62.2 Å². The average Bonchev–Trinajstić information content (AvgIpc) is 3.43. The van der Waals surface area contributed by atoms with Crippen molar-refractivity contribution < 1.29 is 14.4 Å². The van der Waals surface area contributed by atoms with Gasteiger partial charge in [0.15, 0.2) is 0 Å². The minimum Gasteiger partial charge on any atom is -0.376 e. The number of amides is 3. The van der Waals surface area contributed by atoms with Gasteiger partial charge in [0, 0.05) is 38.8 Å². The van der Waals surface area contributed by atoms with Crippen molar-refractivity contribution in [1.82, 2.24) is 26.2 Å². The first-order chi connectivity index (χ1) is 19.3. The summed E-state index contributed by atoms with van der Waals surface area (Å²) in [5.74, 6) is -0.180. The maximum Gasteiger partial charge on any atom is 0.251 e. The molecule has 1 atom stereocenters. The lowest BCUT2D eigenvalue weighted by Crippen LogP contribution is -2.47. The number of likely N-dealkylation sites (tertiary alicyclic amines) is 1. The molecular formula is C30H37N7O3. The molecule has 1 aliphatic heterocycles. The highest BCUT2D eigenvalue weighted by molar-refractivity contribution is 5.98. The van der Waals surface area contributed by atoms with Gasteiger partial charge in [0.1, 0.15) is 11.9 Å². The van der Waals surface area contributed by atoms with Gasteiger partial charge in [0.25, 0.3) is 11.8 Å². The van der Waals surface area contributed by atoms with Crippen LogP contribution in [0.25, 0.3) is 0 Å². The van der Waals surface area contributed by atoms with E-state index >= 15 is 0 Å². The Bertz CT molecular complexity index is 1300. The van der Waals surface area contributed by atoms with Crippen LogP contribution in [-0.4, -0.2) is 75.3 Å². The van der Waals surface area contributed by atoms with Gasteiger partial charge in [-0.25, -0.2) is 0 Å². The fourth-order valence-corrected chi connectivity index (χ4v) is 6.07. The van der Waals surface area contributed by atoms with E-state index in [9.17, 15) is 25.1 Å². The first-order valence-corrected chi connectivity index (χ1v) is 13.7. The van der Waals surface area contributed by atoms with E-state index in [4.69, 9.17) is 0 Å². The predicted octanol–water partition coefficient (Wildman–Crippen LogP) is 1.48. The highest BCUT2D eigenvalue weighted by atomic mass is 16.2. The van der Waals surface area contributed by atoms with Crippen LogP contribution in [0.4, 0.5) is 0 Å². The van der Waals surface area contributed by atoms with Crippen LogP contribution in [0.15, 0.2) is 36.4 Å². The summed E-state index contributed by atoms with van der Waals surface area (Å²) in [6.07, 6.45) is 3.27. The molecule has 210 valence electrons. The van der Waals surface area contributed by atoms with Crippen LogP contribution >= 0.6 is 0 Å². The summed E-state index contributed by atoms with van der Waals surface area (Å²) in [6, 6.07) is 13.1. The van der Waals surface area contributed by atoms with E-state index < -0.39 is 5.41 Å². The molecule has 5 N–H and O–H groups in total. The number of carbonyl (C=O) groups excluding carboxylic acids is 3. The van der Waals surface area contributed by atoms with E-state index in [1.807, 2.05) is 24.3 Å². The summed E-state index contributed by atoms with van der Waals surface area (Å²) in [6.45, 7) is 1.12. The minimum absolute atomic E-state index is 0.103. The Balaban J connectivity index is 1.73. The molecule has 1 fully saturated rings. The van der Waals surface area contributed by atoms with Gasteiger partial charge in [-0.2, -0.15) is 5.26 Å². The Hall–Kier alpha value is -4.23. The van der Waals surface area contributed by atoms with Crippen molar-refractivity contribution in [1.29, 1.82) is 10.7 Å². The van der Waals surface area contributed by atoms with Crippen molar-refractivity contribution >= 4 is 23.6 Å². The van der Waals surface area contributed by atoms with Gasteiger partial charge in [-0.1, -0.05) is 12.1 Å². The Kier molecular flexibility index (Phi) is 8.85. The van der Waals surface area contributed by atoms with Crippen molar-refractivity contribution in [3.63, 3.8) is 0 Å². The zero-order valence-electron chi connectivity index (χ0n) is 23.3. The van der Waals surface area contributed by atoms with Crippen LogP contribution in [0.2, 0.25) is 0 Å². The number of nitrogens with zero attached hydrogens (tertiary/aromatic N) is 2. The summed E-state index contributed by atoms with van der Waals surface area (Å²) in [4.78, 5) is 39.4. The Labute approximate surface area is 235 Å². The van der Waals surface area contributed by atoms with E-state index in [0.717, 1.165) is 28.7 Å². The van der Waals surface area contributed by atoms with Gasteiger partial charge in [-0.15, -0.1) is 0 Å². The van der Waals surface area contributed by atoms with Crippen molar-refractivity contribution in [2.45, 2.75) is 43.6 Å². The molecule has 0 radical (unpaired) electrons. The normalized spacial score (nSPS) is 17.1. The van der Waals surface area contributed by atoms with E-state index in [0.29, 0.717) is 49.9 Å². The molecule has 1 heterocycles. The number of rotatable bonds is 8. The van der Waals surface area contributed by atoms with Gasteiger partial charge < -0.3 is 26.2 Å². The Morgan fingerprint density at radius 3 is 2.05 bits per heavy atom. The maximum atomic E-state index is 12.8. The van der Waals surface area contributed by atoms with Crippen LogP contribution < -0.4 is 21.3 Å². The molecule has 4 rings (SSSR count). The van der Waals surface area contributed by atoms with E-state index in [1.165, 1.54) is 0 Å². The molecule has 3 amide bonds. The third-order valence-corrected chi connectivity index (χ3v) is 8.12. The molecule has 0 aromatic heterocycles. The lowest BCUT2D eigenvalue weighted by atomic mass is 9.68. The zero-order chi connectivity index (χ0) is 28.9. The Morgan fingerprint density at radius 1 is 0.975 bits per heavy atom. The molecule has 1 saturated heterocycles. The molecule has 2 aromatic carbocycles. The molecule has 40 heavy (non-hydrogen) atoms. The van der Waals surface area contributed by atoms with Crippen LogP contribution in [0.5, 0.6) is 0 Å². The van der Waals surface area contributed by atoms with Gasteiger partial charge >= 0.3 is 0 Å². The smallest absolute Gasteiger partial charge is 0.251 e. The maximum absolute atomic E-state index is 12.8. The van der Waals surface area contributed by atoms with Crippen molar-refractivity contribution in [3.8, 4) is 6.07 Å². The quantitative estimate of drug-likeness (QED) is 0.193. The van der Waals surface area contributed by atoms with E-state index in [-0.39, 0.29) is 36.1 Å². The number of hydrogen-bond donors (Lipinski definition) is 5. The van der Waals surface area contributed by atoms with Crippen LogP contribution in [-0.2, 0) is 23.1 Å². The molecule has 10 heteroatoms. The summed E-state index contributed by atoms with van der Waals surface area (Å²) < 4.78 is 0. The summed E-state index contributed by atoms with van der Waals surface area (Å²) >= 11 is 0. The third-order valence-electron chi connectivity index (χ3n) is 8.12. The summed E-state index contributed by atoms with van der Waals surface area (Å²) in [5.41, 5.74) is 3.95. The lowest BCUT2D eigenvalue weighted by Gasteiger charge is -2.37. The minimum atomic E-state index is -0.906. The lowest BCUT2D eigenvalue weighted by molar-refractivity contribution is -0.130. The highest BCUT2D eigenvalue weighted by Gasteiger charge is 2.43. The predicted molar refractivity (Wildman–Crippen MR) is 152 cm³/mol. The molecule has 10 nitrogen and oxygen atoms in total. The van der Waals surface area contributed by atoms with Crippen LogP contribution in [0, 0.1) is 16.7 Å². The molecule has 0 spiro atoms. The molecule has 1 aliphatic carbocycles. The van der Waals surface area contributed by atoms with E-state index in [2.05, 4.69) is 27.3 Å². The SMILES string of the molecule is CNC(=N)C1(CCNCC(=O)N2CCC[C@H]2C#N)c2ccc(C(=O)NC)cc2CCc2cc(C(=O)NC)ccc21. The second kappa shape index (κ2) is 12.3. The summed E-state index contributed by atoms with van der Waals surface area (Å²) in [7, 11) is 4.91. The number of fused-ring (bicyclic) bond motifs is 2. The topological polar surface area (TPSA) is 150 Å². The number of carbonyl (C=O) groups is 3. The van der Waals surface area contributed by atoms with Gasteiger partial charge in [0.05, 0.1) is 18.0 Å². The second-order valence-electron chi connectivity index (χ2n) is 10.2. The van der Waals surface area contributed by atoms with Gasteiger partial charge in [-0.3, -0.25) is 19.8 Å². The number of nitrogens with one attached hydrogen (secondary N) is 5. The zero-order valence-corrected chi connectivity index (χ0v) is 23.3. The number of aryl methyl sites for hydroxylation is 2. The fourth-order valence-electron chi connectivity index (χ4n) is 6.07. The first kappa shape index (κ1) is 28.8. The average molecular weight is 544 g/mol. The van der Waals surface area contributed by atoms with Crippen molar-refractivity contribution in [2.75, 3.05) is 40.8 Å². The standard InChI is InChI=1S/C30H37N7O3/c1-33-27(39)21-8-10-24-19(15-21)6-7-20-16-22(28(40)34-2)9-11-25(20)30(24,29(32)35-3)12-13-36-18-26(38)37-14-4-5-23(37)17-31/h8-11,15-16,23,36H,4-7,12-14,18H2,1-3H3,(H2,32,35)(H,33,39)(H,34,40)/t23-/m0/s1. The molecule has 0 unspecified atom stereocenters. The van der Waals surface area contributed by atoms with Crippen molar-refractivity contribution in [2.24, 2.45) is 0 Å². The molecule has 2 aliphatic rings. The van der Waals surface area contributed by atoms with E-state index in [1.54, 1.807) is 38.2 Å². The molecule has 0 saturated carbocycles. The Morgan fingerprint density at radius 2 is 1.55 bits per heavy atom. The number of hydrogen-bond acceptors (Lipinski definition) is 6. The highest BCUT2D eigenvalue weighted by Crippen LogP contribution is 2.43. The third kappa shape index (κ3) is 5.29.